The molecule has 0 spiro atoms. The largest absolute Gasteiger partial charge is 0.508 e. The molecule has 86 valence electrons. The highest BCUT2D eigenvalue weighted by atomic mass is 16.3. The van der Waals surface area contributed by atoms with Crippen LogP contribution in [0.4, 0.5) is 0 Å². The Labute approximate surface area is 93.5 Å². The standard InChI is InChI=1S/C6H8O2.C6H6O2/c2*7-5-2-1-3-6(8)4-5/h1-4H2;1-4,7-8H. The summed E-state index contributed by atoms with van der Waals surface area (Å²) in [6.07, 6.45) is 2.20. The van der Waals surface area contributed by atoms with Crippen molar-refractivity contribution in [3.8, 4) is 11.5 Å². The first-order chi connectivity index (χ1) is 7.58. The zero-order valence-electron chi connectivity index (χ0n) is 8.85. The van der Waals surface area contributed by atoms with E-state index >= 15 is 0 Å². The van der Waals surface area contributed by atoms with Crippen LogP contribution in [0, 0.1) is 0 Å². The first-order valence-electron chi connectivity index (χ1n) is 5.09. The van der Waals surface area contributed by atoms with Gasteiger partial charge in [0.1, 0.15) is 23.1 Å². The number of phenols is 2. The molecule has 2 rings (SSSR count). The lowest BCUT2D eigenvalue weighted by molar-refractivity contribution is -0.129. The first kappa shape index (κ1) is 12.2. The average molecular weight is 222 g/mol. The molecule has 0 heterocycles. The van der Waals surface area contributed by atoms with E-state index in [0.717, 1.165) is 6.42 Å². The Kier molecular flexibility index (Phi) is 4.51. The van der Waals surface area contributed by atoms with Crippen LogP contribution in [-0.2, 0) is 9.59 Å². The molecule has 0 aliphatic heterocycles. The highest BCUT2D eigenvalue weighted by molar-refractivity contribution is 6.01. The number of ketones is 2. The van der Waals surface area contributed by atoms with E-state index in [9.17, 15) is 9.59 Å². The lowest BCUT2D eigenvalue weighted by atomic mass is 9.98. The highest BCUT2D eigenvalue weighted by Gasteiger charge is 2.14. The molecule has 0 radical (unpaired) electrons. The van der Waals surface area contributed by atoms with Crippen LogP contribution >= 0.6 is 0 Å². The Balaban J connectivity index is 0.000000160. The lowest BCUT2D eigenvalue weighted by Crippen LogP contribution is -2.13. The fourth-order valence-electron chi connectivity index (χ4n) is 1.37. The Hall–Kier alpha value is -1.84. The van der Waals surface area contributed by atoms with Gasteiger partial charge in [0.05, 0.1) is 6.42 Å². The zero-order valence-corrected chi connectivity index (χ0v) is 8.85. The van der Waals surface area contributed by atoms with Crippen LogP contribution in [0.25, 0.3) is 0 Å². The third kappa shape index (κ3) is 4.59. The molecular weight excluding hydrogens is 208 g/mol. The summed E-state index contributed by atoms with van der Waals surface area (Å²) in [5.74, 6) is 0.400. The fourth-order valence-corrected chi connectivity index (χ4v) is 1.37. The van der Waals surface area contributed by atoms with Crippen molar-refractivity contribution in [3.05, 3.63) is 24.3 Å². The Morgan fingerprint density at radius 3 is 1.69 bits per heavy atom. The SMILES string of the molecule is O=C1CCCC(=O)C1.Oc1cccc(O)c1. The van der Waals surface area contributed by atoms with E-state index in [-0.39, 0.29) is 29.5 Å². The van der Waals surface area contributed by atoms with E-state index in [1.807, 2.05) is 0 Å². The third-order valence-corrected chi connectivity index (χ3v) is 2.14. The molecule has 1 fully saturated rings. The second-order valence-corrected chi connectivity index (χ2v) is 3.63. The van der Waals surface area contributed by atoms with Gasteiger partial charge in [-0.2, -0.15) is 0 Å². The molecule has 4 heteroatoms. The van der Waals surface area contributed by atoms with Gasteiger partial charge >= 0.3 is 0 Å². The van der Waals surface area contributed by atoms with E-state index in [1.54, 1.807) is 6.07 Å². The fraction of sp³-hybridized carbons (Fsp3) is 0.333. The third-order valence-electron chi connectivity index (χ3n) is 2.14. The summed E-state index contributed by atoms with van der Waals surface area (Å²) in [6.45, 7) is 0. The molecule has 0 bridgehead atoms. The molecule has 4 nitrogen and oxygen atoms in total. The maximum atomic E-state index is 10.5. The van der Waals surface area contributed by atoms with E-state index < -0.39 is 0 Å². The van der Waals surface area contributed by atoms with Crippen molar-refractivity contribution in [2.24, 2.45) is 0 Å². The van der Waals surface area contributed by atoms with Crippen molar-refractivity contribution in [3.63, 3.8) is 0 Å². The number of hydrogen-bond acceptors (Lipinski definition) is 4. The molecule has 1 aliphatic carbocycles. The van der Waals surface area contributed by atoms with Gasteiger partial charge in [-0.05, 0) is 18.6 Å². The van der Waals surface area contributed by atoms with Gasteiger partial charge in [-0.1, -0.05) is 6.07 Å². The lowest BCUT2D eigenvalue weighted by Gasteiger charge is -2.04. The summed E-state index contributed by atoms with van der Waals surface area (Å²) >= 11 is 0. The Morgan fingerprint density at radius 1 is 0.938 bits per heavy atom. The van der Waals surface area contributed by atoms with E-state index in [4.69, 9.17) is 10.2 Å². The minimum absolute atomic E-state index is 0.0880. The molecular formula is C12H14O4. The normalized spacial score (nSPS) is 15.2. The molecule has 16 heavy (non-hydrogen) atoms. The van der Waals surface area contributed by atoms with Crippen LogP contribution in [0.5, 0.6) is 11.5 Å². The monoisotopic (exact) mass is 222 g/mol. The summed E-state index contributed by atoms with van der Waals surface area (Å²) in [5, 5.41) is 17.3. The topological polar surface area (TPSA) is 74.6 Å². The molecule has 1 aromatic rings. The highest BCUT2D eigenvalue weighted by Crippen LogP contribution is 2.14. The summed E-state index contributed by atoms with van der Waals surface area (Å²) in [7, 11) is 0. The minimum Gasteiger partial charge on any atom is -0.508 e. The number of rotatable bonds is 0. The maximum Gasteiger partial charge on any atom is 0.140 e. The van der Waals surface area contributed by atoms with Gasteiger partial charge in [0.25, 0.3) is 0 Å². The van der Waals surface area contributed by atoms with Gasteiger partial charge in [-0.25, -0.2) is 0 Å². The van der Waals surface area contributed by atoms with E-state index in [1.165, 1.54) is 18.2 Å². The van der Waals surface area contributed by atoms with Crippen LogP contribution in [0.3, 0.4) is 0 Å². The number of phenolic OH excluding ortho intramolecular Hbond substituents is 2. The molecule has 0 atom stereocenters. The molecule has 2 N–H and O–H groups in total. The zero-order chi connectivity index (χ0) is 12.0. The predicted molar refractivity (Wildman–Crippen MR) is 58.3 cm³/mol. The van der Waals surface area contributed by atoms with E-state index in [0.29, 0.717) is 12.8 Å². The average Bonchev–Trinajstić information content (AvgIpc) is 2.17. The van der Waals surface area contributed by atoms with Crippen molar-refractivity contribution in [1.82, 2.24) is 0 Å². The first-order valence-corrected chi connectivity index (χ1v) is 5.09. The van der Waals surface area contributed by atoms with E-state index in [2.05, 4.69) is 0 Å². The molecule has 1 saturated carbocycles. The second kappa shape index (κ2) is 5.90. The summed E-state index contributed by atoms with van der Waals surface area (Å²) < 4.78 is 0. The van der Waals surface area contributed by atoms with Gasteiger partial charge < -0.3 is 10.2 Å². The number of benzene rings is 1. The van der Waals surface area contributed by atoms with Gasteiger partial charge in [0.2, 0.25) is 0 Å². The number of carbonyl (C=O) groups is 2. The molecule has 1 aromatic carbocycles. The van der Waals surface area contributed by atoms with Gasteiger partial charge in [-0.3, -0.25) is 9.59 Å². The maximum absolute atomic E-state index is 10.5. The second-order valence-electron chi connectivity index (χ2n) is 3.63. The number of aromatic hydroxyl groups is 2. The van der Waals surface area contributed by atoms with Crippen molar-refractivity contribution in [2.45, 2.75) is 25.7 Å². The summed E-state index contributed by atoms with van der Waals surface area (Å²) in [4.78, 5) is 20.9. The van der Waals surface area contributed by atoms with Crippen LogP contribution in [0.2, 0.25) is 0 Å². The van der Waals surface area contributed by atoms with Crippen LogP contribution in [0.15, 0.2) is 24.3 Å². The van der Waals surface area contributed by atoms with Gasteiger partial charge in [0, 0.05) is 18.9 Å². The molecule has 1 aliphatic rings. The van der Waals surface area contributed by atoms with Crippen molar-refractivity contribution in [2.75, 3.05) is 0 Å². The molecule has 0 unspecified atom stereocenters. The van der Waals surface area contributed by atoms with Gasteiger partial charge in [0.15, 0.2) is 0 Å². The number of hydrogen-bond donors (Lipinski definition) is 2. The minimum atomic E-state index is 0.0880. The van der Waals surface area contributed by atoms with Crippen LogP contribution in [-0.4, -0.2) is 21.8 Å². The van der Waals surface area contributed by atoms with Crippen molar-refractivity contribution >= 4 is 11.6 Å². The smallest absolute Gasteiger partial charge is 0.140 e. The van der Waals surface area contributed by atoms with Crippen LogP contribution in [0.1, 0.15) is 25.7 Å². The van der Waals surface area contributed by atoms with Gasteiger partial charge in [-0.15, -0.1) is 0 Å². The molecule has 0 amide bonds. The predicted octanol–water partition coefficient (Wildman–Crippen LogP) is 1.80. The quantitative estimate of drug-likeness (QED) is 0.656. The Bertz CT molecular complexity index is 353. The van der Waals surface area contributed by atoms with Crippen molar-refractivity contribution in [1.29, 1.82) is 0 Å². The number of carbonyl (C=O) groups excluding carboxylic acids is 2. The van der Waals surface area contributed by atoms with Crippen LogP contribution < -0.4 is 0 Å². The molecule has 0 saturated heterocycles. The van der Waals surface area contributed by atoms with Crippen molar-refractivity contribution < 1.29 is 19.8 Å². The summed E-state index contributed by atoms with van der Waals surface area (Å²) in [5.41, 5.74) is 0. The Morgan fingerprint density at radius 2 is 1.44 bits per heavy atom. The molecule has 0 aromatic heterocycles. The summed E-state index contributed by atoms with van der Waals surface area (Å²) in [6, 6.07) is 5.85. The number of Topliss-reactive ketones (excluding diaryl/α,β-unsaturated/α-hetero) is 2.